The quantitative estimate of drug-likeness (QED) is 0.0402. The number of methoxy groups -OCH3 is 2. The zero-order chi connectivity index (χ0) is 43.0. The Balaban J connectivity index is 0.864. The summed E-state index contributed by atoms with van der Waals surface area (Å²) in [6.45, 7) is 6.69. The molecule has 0 aliphatic rings. The van der Waals surface area contributed by atoms with Crippen LogP contribution in [0, 0.1) is 0 Å². The van der Waals surface area contributed by atoms with Crippen LogP contribution in [0.3, 0.4) is 0 Å². The van der Waals surface area contributed by atoms with Gasteiger partial charge in [-0.15, -0.1) is 0 Å². The van der Waals surface area contributed by atoms with Crippen LogP contribution < -0.4 is 29.6 Å². The molecule has 0 spiro atoms. The third kappa shape index (κ3) is 15.1. The Kier molecular flexibility index (Phi) is 17.8. The van der Waals surface area contributed by atoms with Crippen LogP contribution in [0.5, 0.6) is 23.0 Å². The summed E-state index contributed by atoms with van der Waals surface area (Å²) in [6.07, 6.45) is 9.95. The van der Waals surface area contributed by atoms with E-state index < -0.39 is 0 Å². The molecule has 6 rings (SSSR count). The molecule has 0 aliphatic heterocycles. The minimum absolute atomic E-state index is 0.561. The molecule has 0 saturated heterocycles. The molecule has 0 atom stereocenters. The molecular formula is C49H55N9O4. The fraction of sp³-hybridized carbons (Fsp3) is 0.286. The van der Waals surface area contributed by atoms with Crippen LogP contribution in [-0.4, -0.2) is 55.5 Å². The van der Waals surface area contributed by atoms with Crippen molar-refractivity contribution in [3.8, 4) is 34.4 Å². The second kappa shape index (κ2) is 24.8. The third-order valence-corrected chi connectivity index (χ3v) is 9.67. The van der Waals surface area contributed by atoms with Gasteiger partial charge in [0, 0.05) is 18.7 Å². The first kappa shape index (κ1) is 44.4. The monoisotopic (exact) mass is 833 g/mol. The predicted octanol–water partition coefficient (Wildman–Crippen LogP) is 13.1. The zero-order valence-corrected chi connectivity index (χ0v) is 35.6. The molecule has 0 unspecified atom stereocenters. The number of unbranched alkanes of at least 4 members (excludes halogenated alkanes) is 6. The van der Waals surface area contributed by atoms with Gasteiger partial charge in [0.25, 0.3) is 0 Å². The smallest absolute Gasteiger partial charge is 0.228 e. The van der Waals surface area contributed by atoms with E-state index in [1.807, 2.05) is 127 Å². The largest absolute Gasteiger partial charge is 0.497 e. The SMILES string of the molecule is C=Cc1ccc(-c2nc(NCCCCCCOc3ccc(N=Nc4ccc(OC)cc4)cc3)nc(NCCCCCCOc3ccc(N=Nc4ccc(OC)cc4)cc3)n2)cc1. The Hall–Kier alpha value is -7.15. The van der Waals surface area contributed by atoms with Gasteiger partial charge in [-0.3, -0.25) is 0 Å². The summed E-state index contributed by atoms with van der Waals surface area (Å²) < 4.78 is 22.3. The maximum Gasteiger partial charge on any atom is 0.228 e. The number of nitrogens with one attached hydrogen (secondary N) is 2. The molecule has 0 amide bonds. The molecule has 0 saturated carbocycles. The first-order chi connectivity index (χ1) is 30.6. The van der Waals surface area contributed by atoms with E-state index in [4.69, 9.17) is 33.9 Å². The number of benzene rings is 5. The molecule has 1 heterocycles. The molecule has 1 aromatic heterocycles. The third-order valence-electron chi connectivity index (χ3n) is 9.67. The van der Waals surface area contributed by atoms with Crippen LogP contribution in [0.15, 0.2) is 148 Å². The maximum absolute atomic E-state index is 5.96. The van der Waals surface area contributed by atoms with Crippen molar-refractivity contribution < 1.29 is 18.9 Å². The summed E-state index contributed by atoms with van der Waals surface area (Å²) in [5, 5.41) is 24.0. The molecule has 2 N–H and O–H groups in total. The lowest BCUT2D eigenvalue weighted by Gasteiger charge is -2.11. The van der Waals surface area contributed by atoms with Gasteiger partial charge in [-0.05, 0) is 128 Å². The van der Waals surface area contributed by atoms with E-state index in [2.05, 4.69) is 37.7 Å². The van der Waals surface area contributed by atoms with Crippen molar-refractivity contribution in [2.45, 2.75) is 51.4 Å². The number of nitrogens with zero attached hydrogens (tertiary/aromatic N) is 7. The number of rotatable bonds is 26. The maximum atomic E-state index is 5.96. The van der Waals surface area contributed by atoms with Crippen molar-refractivity contribution >= 4 is 40.7 Å². The second-order valence-corrected chi connectivity index (χ2v) is 14.3. The number of hydrogen-bond acceptors (Lipinski definition) is 13. The van der Waals surface area contributed by atoms with Crippen molar-refractivity contribution in [1.82, 2.24) is 15.0 Å². The molecular weight excluding hydrogens is 779 g/mol. The van der Waals surface area contributed by atoms with Gasteiger partial charge in [0.2, 0.25) is 11.9 Å². The van der Waals surface area contributed by atoms with Gasteiger partial charge in [-0.1, -0.05) is 62.6 Å². The number of aromatic nitrogens is 3. The van der Waals surface area contributed by atoms with E-state index in [1.54, 1.807) is 14.2 Å². The van der Waals surface area contributed by atoms with Gasteiger partial charge in [0.1, 0.15) is 23.0 Å². The summed E-state index contributed by atoms with van der Waals surface area (Å²) in [7, 11) is 3.28. The lowest BCUT2D eigenvalue weighted by molar-refractivity contribution is 0.305. The topological polar surface area (TPSA) is 149 Å². The number of ether oxygens (including phenoxy) is 4. The fourth-order valence-electron chi connectivity index (χ4n) is 6.12. The van der Waals surface area contributed by atoms with Gasteiger partial charge >= 0.3 is 0 Å². The summed E-state index contributed by atoms with van der Waals surface area (Å²) in [5.41, 5.74) is 5.02. The van der Waals surface area contributed by atoms with Crippen molar-refractivity contribution in [3.05, 3.63) is 133 Å². The molecule has 0 bridgehead atoms. The molecule has 0 aliphatic carbocycles. The van der Waals surface area contributed by atoms with E-state index in [0.29, 0.717) is 30.9 Å². The Bertz CT molecular complexity index is 2150. The summed E-state index contributed by atoms with van der Waals surface area (Å²) >= 11 is 0. The van der Waals surface area contributed by atoms with Crippen LogP contribution in [0.1, 0.15) is 56.9 Å². The highest BCUT2D eigenvalue weighted by Gasteiger charge is 2.09. The Labute approximate surface area is 364 Å². The van der Waals surface area contributed by atoms with E-state index in [9.17, 15) is 0 Å². The summed E-state index contributed by atoms with van der Waals surface area (Å²) in [6, 6.07) is 38.3. The van der Waals surface area contributed by atoms with Crippen molar-refractivity contribution in [3.63, 3.8) is 0 Å². The first-order valence-corrected chi connectivity index (χ1v) is 21.1. The lowest BCUT2D eigenvalue weighted by atomic mass is 10.1. The van der Waals surface area contributed by atoms with Crippen LogP contribution in [0.2, 0.25) is 0 Å². The Morgan fingerprint density at radius 1 is 0.452 bits per heavy atom. The molecule has 13 nitrogen and oxygen atoms in total. The predicted molar refractivity (Wildman–Crippen MR) is 247 cm³/mol. The Morgan fingerprint density at radius 3 is 1.19 bits per heavy atom. The van der Waals surface area contributed by atoms with Gasteiger partial charge in [0.15, 0.2) is 5.82 Å². The number of hydrogen-bond donors (Lipinski definition) is 2. The fourth-order valence-corrected chi connectivity index (χ4v) is 6.12. The van der Waals surface area contributed by atoms with Gasteiger partial charge in [-0.25, -0.2) is 0 Å². The summed E-state index contributed by atoms with van der Waals surface area (Å²) in [4.78, 5) is 14.2. The molecule has 0 radical (unpaired) electrons. The van der Waals surface area contributed by atoms with Crippen molar-refractivity contribution in [1.29, 1.82) is 0 Å². The van der Waals surface area contributed by atoms with Crippen LogP contribution >= 0.6 is 0 Å². The van der Waals surface area contributed by atoms with E-state index in [1.165, 1.54) is 0 Å². The molecule has 320 valence electrons. The number of azo groups is 2. The highest BCUT2D eigenvalue weighted by atomic mass is 16.5. The average molecular weight is 834 g/mol. The van der Waals surface area contributed by atoms with Crippen molar-refractivity contribution in [2.75, 3.05) is 51.2 Å². The Morgan fingerprint density at radius 2 is 0.823 bits per heavy atom. The average Bonchev–Trinajstić information content (AvgIpc) is 3.33. The van der Waals surface area contributed by atoms with Crippen LogP contribution in [-0.2, 0) is 0 Å². The highest BCUT2D eigenvalue weighted by molar-refractivity contribution is 5.61. The zero-order valence-electron chi connectivity index (χ0n) is 35.6. The standard InChI is InChI=1S/C49H55N9O4/c1-4-37-13-15-38(16-14-37)47-52-48(50-33-9-5-7-11-35-61-45-29-21-41(22-30-45)57-55-39-17-25-43(59-2)26-18-39)54-49(53-47)51-34-10-6-8-12-36-62-46-31-23-42(24-32-46)58-56-40-19-27-44(60-3)28-20-40/h4,13-32H,1,5-12,33-36H2,2-3H3,(H2,50,51,52,53,54). The molecule has 0 fully saturated rings. The van der Waals surface area contributed by atoms with E-state index >= 15 is 0 Å². The molecule has 6 aromatic rings. The van der Waals surface area contributed by atoms with Crippen LogP contribution in [0.4, 0.5) is 34.6 Å². The molecule has 62 heavy (non-hydrogen) atoms. The lowest BCUT2D eigenvalue weighted by Crippen LogP contribution is -2.12. The van der Waals surface area contributed by atoms with Crippen molar-refractivity contribution in [2.24, 2.45) is 20.5 Å². The minimum atomic E-state index is 0.561. The second-order valence-electron chi connectivity index (χ2n) is 14.3. The van der Waals surface area contributed by atoms with Gasteiger partial charge in [-0.2, -0.15) is 35.4 Å². The summed E-state index contributed by atoms with van der Waals surface area (Å²) in [5.74, 6) is 4.96. The van der Waals surface area contributed by atoms with E-state index in [-0.39, 0.29) is 0 Å². The number of anilines is 2. The highest BCUT2D eigenvalue weighted by Crippen LogP contribution is 2.25. The first-order valence-electron chi connectivity index (χ1n) is 21.1. The molecule has 5 aromatic carbocycles. The normalized spacial score (nSPS) is 11.1. The van der Waals surface area contributed by atoms with E-state index in [0.717, 1.165) is 121 Å². The van der Waals surface area contributed by atoms with Gasteiger partial charge < -0.3 is 29.6 Å². The van der Waals surface area contributed by atoms with Gasteiger partial charge in [0.05, 0.1) is 50.2 Å². The van der Waals surface area contributed by atoms with Crippen LogP contribution in [0.25, 0.3) is 17.5 Å². The molecule has 13 heteroatoms. The minimum Gasteiger partial charge on any atom is -0.497 e.